The Kier molecular flexibility index (Phi) is 10.2. The minimum atomic E-state index is -0.804. The molecule has 39 heavy (non-hydrogen) atoms. The van der Waals surface area contributed by atoms with Crippen LogP contribution in [0.5, 0.6) is 0 Å². The zero-order chi connectivity index (χ0) is 27.7. The van der Waals surface area contributed by atoms with Crippen LogP contribution in [-0.2, 0) is 43.6 Å². The van der Waals surface area contributed by atoms with Crippen molar-refractivity contribution in [1.82, 2.24) is 5.32 Å². The van der Waals surface area contributed by atoms with Gasteiger partial charge >= 0.3 is 5.97 Å². The van der Waals surface area contributed by atoms with E-state index in [9.17, 15) is 4.79 Å². The minimum absolute atomic E-state index is 0.310. The van der Waals surface area contributed by atoms with E-state index in [-0.39, 0.29) is 12.0 Å². The number of rotatable bonds is 11. The molecule has 1 heterocycles. The Morgan fingerprint density at radius 2 is 1.21 bits per heavy atom. The topological polar surface area (TPSA) is 66.0 Å². The fourth-order valence-corrected chi connectivity index (χ4v) is 4.58. The number of nitrogens with one attached hydrogen (secondary N) is 1. The summed E-state index contributed by atoms with van der Waals surface area (Å²) in [5, 5.41) is 3.35. The first kappa shape index (κ1) is 28.9. The molecule has 4 rings (SSSR count). The number of benzene rings is 3. The molecule has 1 N–H and O–H groups in total. The summed E-state index contributed by atoms with van der Waals surface area (Å²) in [6, 6.07) is 29.5. The van der Waals surface area contributed by atoms with Gasteiger partial charge in [0.15, 0.2) is 6.10 Å². The van der Waals surface area contributed by atoms with Gasteiger partial charge in [-0.2, -0.15) is 0 Å². The Hall–Kier alpha value is -3.10. The molecule has 7 heteroatoms. The summed E-state index contributed by atoms with van der Waals surface area (Å²) >= 11 is 5.75. The van der Waals surface area contributed by atoms with E-state index in [1.165, 1.54) is 0 Å². The lowest BCUT2D eigenvalue weighted by molar-refractivity contribution is -0.178. The number of thiocarbonyl (C=S) groups is 1. The van der Waals surface area contributed by atoms with Gasteiger partial charge in [0.2, 0.25) is 0 Å². The van der Waals surface area contributed by atoms with Gasteiger partial charge in [-0.15, -0.1) is 0 Å². The van der Waals surface area contributed by atoms with Gasteiger partial charge in [-0.1, -0.05) is 103 Å². The molecule has 4 atom stereocenters. The van der Waals surface area contributed by atoms with Crippen LogP contribution in [0.1, 0.15) is 37.5 Å². The standard InChI is InChI=1S/C32H37NO5S/c1-32(2,3)31(34)38-29-28(37-21-25-17-11-6-12-18-25)27(36-20-24-15-9-5-10-16-24)26(33-30(29)39)22-35-19-23-13-7-4-8-14-23/h4-18,26-29H,19-22H2,1-3H3,(H,33,39)/t26-,27-,28+,29-/m1/s1. The third-order valence-electron chi connectivity index (χ3n) is 6.43. The van der Waals surface area contributed by atoms with E-state index in [1.54, 1.807) is 0 Å². The molecule has 0 saturated carbocycles. The Morgan fingerprint density at radius 3 is 1.69 bits per heavy atom. The van der Waals surface area contributed by atoms with Gasteiger partial charge in [0.05, 0.1) is 37.9 Å². The molecule has 0 aliphatic carbocycles. The highest BCUT2D eigenvalue weighted by Gasteiger charge is 2.47. The van der Waals surface area contributed by atoms with Crippen LogP contribution in [0.15, 0.2) is 91.0 Å². The molecule has 3 aromatic rings. The lowest BCUT2D eigenvalue weighted by Crippen LogP contribution is -2.66. The molecule has 0 unspecified atom stereocenters. The predicted molar refractivity (Wildman–Crippen MR) is 155 cm³/mol. The smallest absolute Gasteiger partial charge is 0.312 e. The van der Waals surface area contributed by atoms with Crippen LogP contribution in [-0.4, -0.2) is 41.9 Å². The van der Waals surface area contributed by atoms with Gasteiger partial charge in [0.25, 0.3) is 0 Å². The van der Waals surface area contributed by atoms with Gasteiger partial charge in [-0.25, -0.2) is 0 Å². The van der Waals surface area contributed by atoms with Crippen molar-refractivity contribution in [2.75, 3.05) is 6.61 Å². The second kappa shape index (κ2) is 13.8. The molecular weight excluding hydrogens is 510 g/mol. The normalized spacial score (nSPS) is 21.3. The van der Waals surface area contributed by atoms with Gasteiger partial charge < -0.3 is 24.3 Å². The van der Waals surface area contributed by atoms with E-state index < -0.39 is 23.7 Å². The number of piperidine rings is 1. The molecule has 0 radical (unpaired) electrons. The fourth-order valence-electron chi connectivity index (χ4n) is 4.25. The highest BCUT2D eigenvalue weighted by atomic mass is 32.1. The number of carbonyl (C=O) groups excluding carboxylic acids is 1. The highest BCUT2D eigenvalue weighted by molar-refractivity contribution is 7.80. The summed E-state index contributed by atoms with van der Waals surface area (Å²) in [4.78, 5) is 13.4. The van der Waals surface area contributed by atoms with E-state index in [4.69, 9.17) is 31.2 Å². The summed E-state index contributed by atoms with van der Waals surface area (Å²) in [6.45, 7) is 6.92. The van der Waals surface area contributed by atoms with Crippen LogP contribution in [0.2, 0.25) is 0 Å². The Labute approximate surface area is 236 Å². The molecule has 206 valence electrons. The lowest BCUT2D eigenvalue weighted by atomic mass is 9.93. The zero-order valence-electron chi connectivity index (χ0n) is 22.7. The highest BCUT2D eigenvalue weighted by Crippen LogP contribution is 2.27. The third kappa shape index (κ3) is 8.44. The van der Waals surface area contributed by atoms with E-state index in [1.807, 2.05) is 112 Å². The maximum absolute atomic E-state index is 13.0. The van der Waals surface area contributed by atoms with Crippen molar-refractivity contribution < 1.29 is 23.7 Å². The second-order valence-electron chi connectivity index (χ2n) is 10.7. The predicted octanol–water partition coefficient (Wildman–Crippen LogP) is 5.63. The molecule has 1 saturated heterocycles. The molecule has 0 amide bonds. The number of hydrogen-bond acceptors (Lipinski definition) is 6. The molecule has 1 fully saturated rings. The van der Waals surface area contributed by atoms with Gasteiger partial charge in [0.1, 0.15) is 17.2 Å². The van der Waals surface area contributed by atoms with Crippen molar-refractivity contribution in [1.29, 1.82) is 0 Å². The third-order valence-corrected chi connectivity index (χ3v) is 6.78. The first-order valence-corrected chi connectivity index (χ1v) is 13.7. The quantitative estimate of drug-likeness (QED) is 0.247. The number of ether oxygens (including phenoxy) is 4. The van der Waals surface area contributed by atoms with Crippen LogP contribution in [0.25, 0.3) is 0 Å². The summed E-state index contributed by atoms with van der Waals surface area (Å²) in [5.74, 6) is -0.356. The maximum Gasteiger partial charge on any atom is 0.312 e. The van der Waals surface area contributed by atoms with Crippen LogP contribution >= 0.6 is 12.2 Å². The summed E-state index contributed by atoms with van der Waals surface area (Å²) in [6.07, 6.45) is -1.95. The summed E-state index contributed by atoms with van der Waals surface area (Å²) < 4.78 is 25.1. The Balaban J connectivity index is 1.58. The summed E-state index contributed by atoms with van der Waals surface area (Å²) in [7, 11) is 0. The van der Waals surface area contributed by atoms with Crippen molar-refractivity contribution in [2.24, 2.45) is 5.41 Å². The maximum atomic E-state index is 13.0. The van der Waals surface area contributed by atoms with Gasteiger partial charge in [-0.05, 0) is 37.5 Å². The second-order valence-corrected chi connectivity index (χ2v) is 11.2. The van der Waals surface area contributed by atoms with Gasteiger partial charge in [0, 0.05) is 0 Å². The van der Waals surface area contributed by atoms with Crippen LogP contribution in [0.4, 0.5) is 0 Å². The Morgan fingerprint density at radius 1 is 0.744 bits per heavy atom. The molecule has 6 nitrogen and oxygen atoms in total. The van der Waals surface area contributed by atoms with E-state index in [0.717, 1.165) is 16.7 Å². The monoisotopic (exact) mass is 547 g/mol. The Bertz CT molecular complexity index is 1180. The fraction of sp³-hybridized carbons (Fsp3) is 0.375. The van der Waals surface area contributed by atoms with E-state index in [2.05, 4.69) is 5.32 Å². The average molecular weight is 548 g/mol. The largest absolute Gasteiger partial charge is 0.452 e. The molecule has 0 aromatic heterocycles. The molecular formula is C32H37NO5S. The van der Waals surface area contributed by atoms with Crippen molar-refractivity contribution in [3.8, 4) is 0 Å². The van der Waals surface area contributed by atoms with E-state index >= 15 is 0 Å². The molecule has 3 aromatic carbocycles. The number of hydrogen-bond donors (Lipinski definition) is 1. The SMILES string of the molecule is CC(C)(C)C(=O)O[C@H]1C(=S)N[C@H](COCc2ccccc2)[C@@H](OCc2ccccc2)[C@@H]1OCc1ccccc1. The lowest BCUT2D eigenvalue weighted by Gasteiger charge is -2.43. The van der Waals surface area contributed by atoms with Crippen LogP contribution in [0, 0.1) is 5.41 Å². The zero-order valence-corrected chi connectivity index (χ0v) is 23.6. The van der Waals surface area contributed by atoms with Crippen molar-refractivity contribution in [3.63, 3.8) is 0 Å². The molecule has 0 bridgehead atoms. The van der Waals surface area contributed by atoms with Crippen molar-refractivity contribution >= 4 is 23.2 Å². The number of esters is 1. The van der Waals surface area contributed by atoms with Crippen molar-refractivity contribution in [3.05, 3.63) is 108 Å². The van der Waals surface area contributed by atoms with E-state index in [0.29, 0.717) is 31.4 Å². The average Bonchev–Trinajstić information content (AvgIpc) is 2.94. The molecule has 1 aliphatic rings. The molecule has 1 aliphatic heterocycles. The summed E-state index contributed by atoms with van der Waals surface area (Å²) in [5.41, 5.74) is 2.41. The van der Waals surface area contributed by atoms with Gasteiger partial charge in [-0.3, -0.25) is 4.79 Å². The first-order chi connectivity index (χ1) is 18.8. The first-order valence-electron chi connectivity index (χ1n) is 13.3. The number of carbonyl (C=O) groups is 1. The minimum Gasteiger partial charge on any atom is -0.452 e. The van der Waals surface area contributed by atoms with Crippen molar-refractivity contribution in [2.45, 2.75) is 64.9 Å². The molecule has 0 spiro atoms. The van der Waals surface area contributed by atoms with Crippen LogP contribution < -0.4 is 5.32 Å². The van der Waals surface area contributed by atoms with Crippen LogP contribution in [0.3, 0.4) is 0 Å².